The molecule has 0 aromatic heterocycles. The Balaban J connectivity index is 2.05. The number of aliphatic hydroxyl groups is 1. The molecule has 1 N–H and O–H groups in total. The van der Waals surface area contributed by atoms with Crippen molar-refractivity contribution in [3.8, 4) is 0 Å². The molecule has 1 heterocycles. The van der Waals surface area contributed by atoms with Gasteiger partial charge in [-0.3, -0.25) is 4.90 Å². The topological polar surface area (TPSA) is 26.7 Å². The Morgan fingerprint density at radius 3 is 2.36 bits per heavy atom. The van der Waals surface area contributed by atoms with Gasteiger partial charge in [-0.1, -0.05) is 0 Å². The molecule has 0 aromatic rings. The standard InChI is InChI=1S/C8H18N2O/c1-8(11)6-10(7-8)5-4-9(2)3/h11H,4-7H2,1-3H3. The lowest BCUT2D eigenvalue weighted by Crippen LogP contribution is -2.60. The summed E-state index contributed by atoms with van der Waals surface area (Å²) in [4.78, 5) is 4.42. The zero-order valence-corrected chi connectivity index (χ0v) is 7.67. The quantitative estimate of drug-likeness (QED) is 0.606. The molecule has 1 aliphatic heterocycles. The molecule has 11 heavy (non-hydrogen) atoms. The number of β-amino-alcohol motifs (C(OH)–C–C–N with tert-alkyl or cyclic N) is 1. The second-order valence-corrected chi connectivity index (χ2v) is 4.01. The summed E-state index contributed by atoms with van der Waals surface area (Å²) in [6, 6.07) is 0. The normalized spacial score (nSPS) is 23.7. The van der Waals surface area contributed by atoms with E-state index in [2.05, 4.69) is 23.9 Å². The number of rotatable bonds is 3. The minimum Gasteiger partial charge on any atom is -0.388 e. The van der Waals surface area contributed by atoms with Crippen molar-refractivity contribution in [3.63, 3.8) is 0 Å². The number of nitrogens with zero attached hydrogens (tertiary/aromatic N) is 2. The van der Waals surface area contributed by atoms with Crippen LogP contribution in [-0.2, 0) is 0 Å². The van der Waals surface area contributed by atoms with Gasteiger partial charge in [-0.05, 0) is 21.0 Å². The highest BCUT2D eigenvalue weighted by atomic mass is 16.3. The van der Waals surface area contributed by atoms with Gasteiger partial charge >= 0.3 is 0 Å². The Labute approximate surface area is 68.6 Å². The minimum atomic E-state index is -0.410. The Kier molecular flexibility index (Phi) is 2.52. The summed E-state index contributed by atoms with van der Waals surface area (Å²) in [6.45, 7) is 5.71. The summed E-state index contributed by atoms with van der Waals surface area (Å²) in [5.74, 6) is 0. The van der Waals surface area contributed by atoms with Gasteiger partial charge in [-0.2, -0.15) is 0 Å². The van der Waals surface area contributed by atoms with E-state index in [0.717, 1.165) is 26.2 Å². The van der Waals surface area contributed by atoms with Crippen molar-refractivity contribution in [2.45, 2.75) is 12.5 Å². The van der Waals surface area contributed by atoms with Crippen LogP contribution in [0.4, 0.5) is 0 Å². The van der Waals surface area contributed by atoms with E-state index in [1.54, 1.807) is 0 Å². The average molecular weight is 158 g/mol. The predicted octanol–water partition coefficient (Wildman–Crippen LogP) is -0.385. The molecule has 1 aliphatic rings. The lowest BCUT2D eigenvalue weighted by molar-refractivity contribution is -0.0841. The van der Waals surface area contributed by atoms with Crippen LogP contribution in [0.1, 0.15) is 6.92 Å². The first-order valence-corrected chi connectivity index (χ1v) is 4.09. The van der Waals surface area contributed by atoms with E-state index in [4.69, 9.17) is 0 Å². The third-order valence-corrected chi connectivity index (χ3v) is 1.99. The summed E-state index contributed by atoms with van der Waals surface area (Å²) in [6.07, 6.45) is 0. The molecule has 0 amide bonds. The number of hydrogen-bond acceptors (Lipinski definition) is 3. The first kappa shape index (κ1) is 8.97. The third-order valence-electron chi connectivity index (χ3n) is 1.99. The summed E-state index contributed by atoms with van der Waals surface area (Å²) in [7, 11) is 4.13. The fraction of sp³-hybridized carbons (Fsp3) is 1.00. The lowest BCUT2D eigenvalue weighted by Gasteiger charge is -2.44. The molecule has 0 aromatic carbocycles. The van der Waals surface area contributed by atoms with E-state index in [-0.39, 0.29) is 0 Å². The largest absolute Gasteiger partial charge is 0.388 e. The van der Waals surface area contributed by atoms with Crippen molar-refractivity contribution in [1.82, 2.24) is 9.80 Å². The lowest BCUT2D eigenvalue weighted by atomic mass is 9.97. The maximum atomic E-state index is 9.39. The van der Waals surface area contributed by atoms with Gasteiger partial charge in [0.2, 0.25) is 0 Å². The van der Waals surface area contributed by atoms with Gasteiger partial charge in [0.1, 0.15) is 0 Å². The molecule has 0 aliphatic carbocycles. The van der Waals surface area contributed by atoms with Crippen LogP contribution in [-0.4, -0.2) is 60.8 Å². The Bertz CT molecular complexity index is 126. The van der Waals surface area contributed by atoms with Gasteiger partial charge in [0.05, 0.1) is 5.60 Å². The van der Waals surface area contributed by atoms with Crippen LogP contribution in [0.15, 0.2) is 0 Å². The van der Waals surface area contributed by atoms with E-state index in [9.17, 15) is 5.11 Å². The van der Waals surface area contributed by atoms with E-state index < -0.39 is 5.60 Å². The van der Waals surface area contributed by atoms with Gasteiger partial charge in [-0.25, -0.2) is 0 Å². The Morgan fingerprint density at radius 2 is 2.00 bits per heavy atom. The minimum absolute atomic E-state index is 0.410. The zero-order chi connectivity index (χ0) is 8.48. The summed E-state index contributed by atoms with van der Waals surface area (Å²) in [5.41, 5.74) is -0.410. The molecule has 0 unspecified atom stereocenters. The molecular weight excluding hydrogens is 140 g/mol. The van der Waals surface area contributed by atoms with Crippen molar-refractivity contribution >= 4 is 0 Å². The van der Waals surface area contributed by atoms with E-state index in [1.165, 1.54) is 0 Å². The first-order chi connectivity index (χ1) is 4.99. The Morgan fingerprint density at radius 1 is 1.45 bits per heavy atom. The van der Waals surface area contributed by atoms with Crippen LogP contribution < -0.4 is 0 Å². The van der Waals surface area contributed by atoms with Gasteiger partial charge in [0.15, 0.2) is 0 Å². The molecule has 0 atom stereocenters. The molecule has 1 rings (SSSR count). The molecule has 1 fully saturated rings. The molecular formula is C8H18N2O. The number of likely N-dealkylation sites (N-methyl/N-ethyl adjacent to an activating group) is 1. The molecule has 1 saturated heterocycles. The van der Waals surface area contributed by atoms with E-state index >= 15 is 0 Å². The summed E-state index contributed by atoms with van der Waals surface area (Å²) in [5, 5.41) is 9.39. The predicted molar refractivity (Wildman–Crippen MR) is 45.6 cm³/mol. The maximum Gasteiger partial charge on any atom is 0.0872 e. The molecule has 0 saturated carbocycles. The maximum absolute atomic E-state index is 9.39. The molecule has 0 radical (unpaired) electrons. The van der Waals surface area contributed by atoms with E-state index in [0.29, 0.717) is 0 Å². The second-order valence-electron chi connectivity index (χ2n) is 4.01. The third kappa shape index (κ3) is 2.77. The number of hydrogen-bond donors (Lipinski definition) is 1. The zero-order valence-electron chi connectivity index (χ0n) is 7.67. The highest BCUT2D eigenvalue weighted by Gasteiger charge is 2.35. The van der Waals surface area contributed by atoms with Crippen molar-refractivity contribution < 1.29 is 5.11 Å². The molecule has 0 bridgehead atoms. The SMILES string of the molecule is CN(C)CCN1CC(C)(O)C1. The molecule has 3 heteroatoms. The van der Waals surface area contributed by atoms with Gasteiger partial charge in [0, 0.05) is 26.2 Å². The summed E-state index contributed by atoms with van der Waals surface area (Å²) >= 11 is 0. The van der Waals surface area contributed by atoms with Crippen LogP contribution in [0.3, 0.4) is 0 Å². The highest BCUT2D eigenvalue weighted by molar-refractivity contribution is 4.91. The van der Waals surface area contributed by atoms with Crippen LogP contribution in [0.25, 0.3) is 0 Å². The van der Waals surface area contributed by atoms with E-state index in [1.807, 2.05) is 6.92 Å². The van der Waals surface area contributed by atoms with Crippen molar-refractivity contribution in [2.75, 3.05) is 40.3 Å². The number of likely N-dealkylation sites (tertiary alicyclic amines) is 1. The monoisotopic (exact) mass is 158 g/mol. The second kappa shape index (κ2) is 3.09. The van der Waals surface area contributed by atoms with Gasteiger partial charge in [0.25, 0.3) is 0 Å². The van der Waals surface area contributed by atoms with Crippen LogP contribution in [0.5, 0.6) is 0 Å². The Hall–Kier alpha value is -0.120. The molecule has 3 nitrogen and oxygen atoms in total. The van der Waals surface area contributed by atoms with Gasteiger partial charge < -0.3 is 10.0 Å². The summed E-state index contributed by atoms with van der Waals surface area (Å²) < 4.78 is 0. The fourth-order valence-corrected chi connectivity index (χ4v) is 1.42. The van der Waals surface area contributed by atoms with Gasteiger partial charge in [-0.15, -0.1) is 0 Å². The van der Waals surface area contributed by atoms with Crippen molar-refractivity contribution in [1.29, 1.82) is 0 Å². The fourth-order valence-electron chi connectivity index (χ4n) is 1.42. The van der Waals surface area contributed by atoms with Crippen LogP contribution in [0.2, 0.25) is 0 Å². The highest BCUT2D eigenvalue weighted by Crippen LogP contribution is 2.18. The molecule has 66 valence electrons. The van der Waals surface area contributed by atoms with Crippen LogP contribution in [0, 0.1) is 0 Å². The van der Waals surface area contributed by atoms with Crippen molar-refractivity contribution in [3.05, 3.63) is 0 Å². The smallest absolute Gasteiger partial charge is 0.0872 e. The average Bonchev–Trinajstić information content (AvgIpc) is 1.78. The van der Waals surface area contributed by atoms with Crippen molar-refractivity contribution in [2.24, 2.45) is 0 Å². The van der Waals surface area contributed by atoms with Crippen LogP contribution >= 0.6 is 0 Å². The first-order valence-electron chi connectivity index (χ1n) is 4.09. The molecule has 0 spiro atoms.